The molecule has 3 heteroatoms. The molecular weight excluding hydrogens is 282 g/mol. The molecule has 2 aromatic rings. The second kappa shape index (κ2) is 8.06. The van der Waals surface area contributed by atoms with E-state index in [2.05, 4.69) is 18.3 Å². The lowest BCUT2D eigenvalue weighted by molar-refractivity contribution is 0.470. The highest BCUT2D eigenvalue weighted by atomic mass is 35.5. The van der Waals surface area contributed by atoms with Crippen molar-refractivity contribution >= 4 is 11.6 Å². The maximum Gasteiger partial charge on any atom is 0.115 e. The van der Waals surface area contributed by atoms with Gasteiger partial charge in [0, 0.05) is 5.02 Å². The third-order valence-corrected chi connectivity index (χ3v) is 3.98. The van der Waals surface area contributed by atoms with Crippen molar-refractivity contribution in [3.8, 4) is 5.75 Å². The van der Waals surface area contributed by atoms with Gasteiger partial charge in [-0.2, -0.15) is 0 Å². The number of halogens is 1. The number of benzene rings is 2. The Kier molecular flexibility index (Phi) is 6.09. The number of aromatic hydroxyl groups is 1. The van der Waals surface area contributed by atoms with Crippen molar-refractivity contribution < 1.29 is 5.11 Å². The Balaban J connectivity index is 2.07. The minimum absolute atomic E-state index is 0.313. The number of hydrogen-bond acceptors (Lipinski definition) is 2. The molecule has 1 atom stereocenters. The number of nitrogens with one attached hydrogen (secondary N) is 1. The molecule has 0 aliphatic carbocycles. The quantitative estimate of drug-likeness (QED) is 0.808. The van der Waals surface area contributed by atoms with E-state index in [1.165, 1.54) is 11.1 Å². The summed E-state index contributed by atoms with van der Waals surface area (Å²) in [6, 6.07) is 15.5. The van der Waals surface area contributed by atoms with E-state index in [4.69, 9.17) is 11.6 Å². The molecule has 112 valence electrons. The highest BCUT2D eigenvalue weighted by Gasteiger charge is 2.12. The second-order valence-electron chi connectivity index (χ2n) is 5.34. The Morgan fingerprint density at radius 1 is 1.05 bits per heavy atom. The molecule has 0 aliphatic rings. The van der Waals surface area contributed by atoms with Crippen LogP contribution >= 0.6 is 11.6 Å². The maximum atomic E-state index is 9.37. The summed E-state index contributed by atoms with van der Waals surface area (Å²) in [4.78, 5) is 0. The molecule has 1 unspecified atom stereocenters. The lowest BCUT2D eigenvalue weighted by Crippen LogP contribution is -2.25. The van der Waals surface area contributed by atoms with Crippen molar-refractivity contribution in [3.05, 3.63) is 64.7 Å². The average molecular weight is 304 g/mol. The smallest absolute Gasteiger partial charge is 0.115 e. The van der Waals surface area contributed by atoms with Crippen LogP contribution in [0, 0.1) is 5.92 Å². The van der Waals surface area contributed by atoms with Crippen molar-refractivity contribution in [2.45, 2.75) is 19.8 Å². The zero-order chi connectivity index (χ0) is 15.1. The van der Waals surface area contributed by atoms with Crippen LogP contribution in [0.3, 0.4) is 0 Å². The van der Waals surface area contributed by atoms with Crippen molar-refractivity contribution in [1.29, 1.82) is 0 Å². The highest BCUT2D eigenvalue weighted by molar-refractivity contribution is 6.31. The third-order valence-electron chi connectivity index (χ3n) is 3.61. The molecule has 0 saturated heterocycles. The zero-order valence-electron chi connectivity index (χ0n) is 12.3. The molecule has 0 spiro atoms. The molecule has 2 nitrogen and oxygen atoms in total. The van der Waals surface area contributed by atoms with Gasteiger partial charge in [-0.05, 0) is 61.2 Å². The summed E-state index contributed by atoms with van der Waals surface area (Å²) in [6.07, 6.45) is 1.92. The molecular formula is C18H22ClNO. The van der Waals surface area contributed by atoms with Gasteiger partial charge in [-0.25, -0.2) is 0 Å². The SMILES string of the molecule is CCNCC(Cc1ccc(O)cc1)Cc1ccccc1Cl. The molecule has 0 bridgehead atoms. The molecule has 0 heterocycles. The summed E-state index contributed by atoms with van der Waals surface area (Å²) in [5.41, 5.74) is 2.43. The number of hydrogen-bond donors (Lipinski definition) is 2. The first-order valence-electron chi connectivity index (χ1n) is 7.41. The highest BCUT2D eigenvalue weighted by Crippen LogP contribution is 2.21. The van der Waals surface area contributed by atoms with E-state index in [-0.39, 0.29) is 0 Å². The molecule has 0 radical (unpaired) electrons. The zero-order valence-corrected chi connectivity index (χ0v) is 13.1. The van der Waals surface area contributed by atoms with Crippen LogP contribution in [-0.2, 0) is 12.8 Å². The van der Waals surface area contributed by atoms with Crippen molar-refractivity contribution in [2.24, 2.45) is 5.92 Å². The van der Waals surface area contributed by atoms with Crippen LogP contribution in [0.25, 0.3) is 0 Å². The molecule has 0 fully saturated rings. The van der Waals surface area contributed by atoms with Gasteiger partial charge in [0.2, 0.25) is 0 Å². The van der Waals surface area contributed by atoms with Crippen LogP contribution in [0.2, 0.25) is 5.02 Å². The van der Waals surface area contributed by atoms with Crippen molar-refractivity contribution in [1.82, 2.24) is 5.32 Å². The average Bonchev–Trinajstić information content (AvgIpc) is 2.49. The monoisotopic (exact) mass is 303 g/mol. The van der Waals surface area contributed by atoms with Gasteiger partial charge < -0.3 is 10.4 Å². The predicted octanol–water partition coefficient (Wildman–Crippen LogP) is 4.06. The van der Waals surface area contributed by atoms with Crippen LogP contribution in [-0.4, -0.2) is 18.2 Å². The van der Waals surface area contributed by atoms with Crippen LogP contribution < -0.4 is 5.32 Å². The minimum Gasteiger partial charge on any atom is -0.508 e. The van der Waals surface area contributed by atoms with E-state index in [1.54, 1.807) is 12.1 Å². The number of phenols is 1. The summed E-state index contributed by atoms with van der Waals surface area (Å²) in [7, 11) is 0. The third kappa shape index (κ3) is 5.07. The largest absolute Gasteiger partial charge is 0.508 e. The predicted molar refractivity (Wildman–Crippen MR) is 89.0 cm³/mol. The molecule has 21 heavy (non-hydrogen) atoms. The Morgan fingerprint density at radius 3 is 2.43 bits per heavy atom. The Hall–Kier alpha value is -1.51. The maximum absolute atomic E-state index is 9.37. The lowest BCUT2D eigenvalue weighted by Gasteiger charge is -2.18. The van der Waals surface area contributed by atoms with Gasteiger partial charge >= 0.3 is 0 Å². The number of rotatable bonds is 7. The van der Waals surface area contributed by atoms with E-state index >= 15 is 0 Å². The first-order valence-corrected chi connectivity index (χ1v) is 7.79. The van der Waals surface area contributed by atoms with Gasteiger partial charge in [-0.15, -0.1) is 0 Å². The van der Waals surface area contributed by atoms with Crippen LogP contribution in [0.4, 0.5) is 0 Å². The summed E-state index contributed by atoms with van der Waals surface area (Å²) < 4.78 is 0. The molecule has 2 aromatic carbocycles. The summed E-state index contributed by atoms with van der Waals surface area (Å²) in [5, 5.41) is 13.6. The van der Waals surface area contributed by atoms with Crippen LogP contribution in [0.15, 0.2) is 48.5 Å². The standard InChI is InChI=1S/C18H22ClNO/c1-2-20-13-15(11-14-7-9-17(21)10-8-14)12-16-5-3-4-6-18(16)19/h3-10,15,20-21H,2,11-13H2,1H3. The summed E-state index contributed by atoms with van der Waals surface area (Å²) in [5.74, 6) is 0.794. The summed E-state index contributed by atoms with van der Waals surface area (Å²) in [6.45, 7) is 4.05. The molecule has 0 aliphatic heterocycles. The van der Waals surface area contributed by atoms with Gasteiger partial charge in [0.05, 0.1) is 0 Å². The van der Waals surface area contributed by atoms with Gasteiger partial charge in [0.1, 0.15) is 5.75 Å². The van der Waals surface area contributed by atoms with E-state index in [1.807, 2.05) is 30.3 Å². The number of phenolic OH excluding ortho intramolecular Hbond substituents is 1. The molecule has 0 amide bonds. The normalized spacial score (nSPS) is 12.3. The van der Waals surface area contributed by atoms with Crippen molar-refractivity contribution in [3.63, 3.8) is 0 Å². The van der Waals surface area contributed by atoms with Crippen LogP contribution in [0.1, 0.15) is 18.1 Å². The second-order valence-corrected chi connectivity index (χ2v) is 5.75. The lowest BCUT2D eigenvalue weighted by atomic mass is 9.92. The fraction of sp³-hybridized carbons (Fsp3) is 0.333. The van der Waals surface area contributed by atoms with E-state index in [9.17, 15) is 5.11 Å². The van der Waals surface area contributed by atoms with Crippen LogP contribution in [0.5, 0.6) is 5.75 Å². The minimum atomic E-state index is 0.313. The van der Waals surface area contributed by atoms with E-state index in [0.717, 1.165) is 31.0 Å². The van der Waals surface area contributed by atoms with Gasteiger partial charge in [-0.3, -0.25) is 0 Å². The molecule has 0 aromatic heterocycles. The van der Waals surface area contributed by atoms with Gasteiger partial charge in [-0.1, -0.05) is 48.9 Å². The molecule has 2 rings (SSSR count). The van der Waals surface area contributed by atoms with Gasteiger partial charge in [0.25, 0.3) is 0 Å². The Labute approximate surface area is 131 Å². The molecule has 2 N–H and O–H groups in total. The summed E-state index contributed by atoms with van der Waals surface area (Å²) >= 11 is 6.27. The fourth-order valence-electron chi connectivity index (χ4n) is 2.51. The van der Waals surface area contributed by atoms with E-state index in [0.29, 0.717) is 11.7 Å². The fourth-order valence-corrected chi connectivity index (χ4v) is 2.72. The Bertz CT molecular complexity index is 553. The van der Waals surface area contributed by atoms with E-state index < -0.39 is 0 Å². The topological polar surface area (TPSA) is 32.3 Å². The Morgan fingerprint density at radius 2 is 1.76 bits per heavy atom. The van der Waals surface area contributed by atoms with Gasteiger partial charge in [0.15, 0.2) is 0 Å². The first kappa shape index (κ1) is 15.9. The molecule has 0 saturated carbocycles. The first-order chi connectivity index (χ1) is 10.2. The van der Waals surface area contributed by atoms with Crippen molar-refractivity contribution in [2.75, 3.05) is 13.1 Å².